The third-order valence-corrected chi connectivity index (χ3v) is 7.74. The number of sulfonamides is 1. The molecule has 5 rings (SSSR count). The second-order valence-electron chi connectivity index (χ2n) is 7.88. The Labute approximate surface area is 196 Å². The lowest BCUT2D eigenvalue weighted by atomic mass is 10.1. The second kappa shape index (κ2) is 9.01. The van der Waals surface area contributed by atoms with E-state index in [9.17, 15) is 13.2 Å². The van der Waals surface area contributed by atoms with Gasteiger partial charge in [0, 0.05) is 23.0 Å². The lowest BCUT2D eigenvalue weighted by Crippen LogP contribution is -2.25. The predicted octanol–water partition coefficient (Wildman–Crippen LogP) is 4.55. The van der Waals surface area contributed by atoms with Crippen LogP contribution in [0.15, 0.2) is 82.8 Å². The highest BCUT2D eigenvalue weighted by atomic mass is 32.2. The highest BCUT2D eigenvalue weighted by Crippen LogP contribution is 2.26. The number of H-pyrrole nitrogens is 1. The number of anilines is 1. The quantitative estimate of drug-likeness (QED) is 0.322. The van der Waals surface area contributed by atoms with E-state index < -0.39 is 10.0 Å². The molecule has 0 aliphatic heterocycles. The third kappa shape index (κ3) is 5.11. The van der Waals surface area contributed by atoms with Crippen LogP contribution in [-0.4, -0.2) is 30.3 Å². The van der Waals surface area contributed by atoms with E-state index in [2.05, 4.69) is 20.0 Å². The minimum Gasteiger partial charge on any atom is -0.333 e. The number of para-hydroxylation sites is 2. The molecule has 168 valence electrons. The van der Waals surface area contributed by atoms with Gasteiger partial charge < -0.3 is 10.3 Å². The number of aromatic amines is 1. The summed E-state index contributed by atoms with van der Waals surface area (Å²) in [5.41, 5.74) is 3.69. The van der Waals surface area contributed by atoms with E-state index in [1.807, 2.05) is 42.5 Å². The number of amides is 1. The van der Waals surface area contributed by atoms with Gasteiger partial charge in [0.1, 0.15) is 0 Å². The number of aromatic nitrogens is 2. The number of benzene rings is 3. The molecule has 3 N–H and O–H groups in total. The molecule has 9 heteroatoms. The van der Waals surface area contributed by atoms with E-state index in [4.69, 9.17) is 0 Å². The van der Waals surface area contributed by atoms with Crippen LogP contribution in [0.3, 0.4) is 0 Å². The molecular weight excluding hydrogens is 456 g/mol. The summed E-state index contributed by atoms with van der Waals surface area (Å²) in [6.07, 6.45) is 1.72. The maximum absolute atomic E-state index is 13.0. The van der Waals surface area contributed by atoms with Gasteiger partial charge in [-0.3, -0.25) is 4.79 Å². The summed E-state index contributed by atoms with van der Waals surface area (Å²) in [5, 5.41) is 3.62. The van der Waals surface area contributed by atoms with Crippen LogP contribution < -0.4 is 10.0 Å². The number of hydrogen-bond acceptors (Lipinski definition) is 5. The number of hydrogen-bond donors (Lipinski definition) is 3. The van der Waals surface area contributed by atoms with Gasteiger partial charge in [-0.05, 0) is 54.8 Å². The van der Waals surface area contributed by atoms with Crippen LogP contribution in [0.4, 0.5) is 5.69 Å². The van der Waals surface area contributed by atoms with Crippen molar-refractivity contribution in [1.29, 1.82) is 0 Å². The van der Waals surface area contributed by atoms with Crippen molar-refractivity contribution < 1.29 is 13.2 Å². The van der Waals surface area contributed by atoms with E-state index in [0.717, 1.165) is 34.6 Å². The Morgan fingerprint density at radius 1 is 1.03 bits per heavy atom. The van der Waals surface area contributed by atoms with E-state index >= 15 is 0 Å². The lowest BCUT2D eigenvalue weighted by Gasteiger charge is -2.11. The van der Waals surface area contributed by atoms with Crippen LogP contribution in [-0.2, 0) is 15.8 Å². The third-order valence-electron chi connectivity index (χ3n) is 5.30. The summed E-state index contributed by atoms with van der Waals surface area (Å²) in [4.78, 5) is 21.0. The fraction of sp³-hybridized carbons (Fsp3) is 0.167. The molecule has 1 aromatic heterocycles. The Morgan fingerprint density at radius 2 is 1.82 bits per heavy atom. The van der Waals surface area contributed by atoms with Gasteiger partial charge >= 0.3 is 0 Å². The molecule has 33 heavy (non-hydrogen) atoms. The summed E-state index contributed by atoms with van der Waals surface area (Å²) in [6.45, 7) is 0. The van der Waals surface area contributed by atoms with Crippen molar-refractivity contribution in [2.45, 2.75) is 34.7 Å². The largest absolute Gasteiger partial charge is 0.333 e. The van der Waals surface area contributed by atoms with Gasteiger partial charge in [-0.15, -0.1) is 0 Å². The van der Waals surface area contributed by atoms with Crippen molar-refractivity contribution in [2.24, 2.45) is 0 Å². The zero-order valence-electron chi connectivity index (χ0n) is 17.6. The second-order valence-corrected chi connectivity index (χ2v) is 10.6. The first-order chi connectivity index (χ1) is 16.0. The zero-order valence-corrected chi connectivity index (χ0v) is 19.2. The molecule has 0 unspecified atom stereocenters. The Balaban J connectivity index is 1.31. The number of nitrogens with zero attached hydrogens (tertiary/aromatic N) is 1. The number of fused-ring (bicyclic) bond motifs is 1. The summed E-state index contributed by atoms with van der Waals surface area (Å²) in [5.74, 6) is 0.267. The first kappa shape index (κ1) is 21.7. The molecule has 0 radical (unpaired) electrons. The highest BCUT2D eigenvalue weighted by Gasteiger charge is 2.28. The molecule has 0 saturated heterocycles. The molecule has 4 aromatic rings. The summed E-state index contributed by atoms with van der Waals surface area (Å²) in [7, 11) is -3.59. The highest BCUT2D eigenvalue weighted by molar-refractivity contribution is 7.98. The Hall–Kier alpha value is -3.14. The van der Waals surface area contributed by atoms with Crippen LogP contribution in [0.25, 0.3) is 11.0 Å². The minimum atomic E-state index is -3.59. The number of rotatable bonds is 8. The smallest absolute Gasteiger partial charge is 0.255 e. The molecule has 1 heterocycles. The molecule has 1 aliphatic rings. The van der Waals surface area contributed by atoms with Gasteiger partial charge in [-0.2, -0.15) is 0 Å². The molecule has 1 saturated carbocycles. The van der Waals surface area contributed by atoms with Crippen LogP contribution >= 0.6 is 11.8 Å². The Bertz CT molecular complexity index is 1400. The molecule has 0 spiro atoms. The molecule has 3 aromatic carbocycles. The first-order valence-electron chi connectivity index (χ1n) is 10.6. The van der Waals surface area contributed by atoms with Crippen LogP contribution in [0, 0.1) is 0 Å². The van der Waals surface area contributed by atoms with Gasteiger partial charge in [0.15, 0.2) is 5.16 Å². The van der Waals surface area contributed by atoms with Crippen LogP contribution in [0.5, 0.6) is 0 Å². The van der Waals surface area contributed by atoms with Crippen molar-refractivity contribution in [1.82, 2.24) is 14.7 Å². The molecule has 0 atom stereocenters. The molecule has 7 nitrogen and oxygen atoms in total. The monoisotopic (exact) mass is 478 g/mol. The number of carbonyl (C=O) groups is 1. The summed E-state index contributed by atoms with van der Waals surface area (Å²) in [6, 6.07) is 21.5. The average Bonchev–Trinajstić information content (AvgIpc) is 3.52. The fourth-order valence-corrected chi connectivity index (χ4v) is 5.68. The zero-order chi connectivity index (χ0) is 22.8. The maximum atomic E-state index is 13.0. The molecule has 1 aliphatic carbocycles. The molecule has 1 fully saturated rings. The van der Waals surface area contributed by atoms with Gasteiger partial charge in [-0.1, -0.05) is 48.2 Å². The Morgan fingerprint density at radius 3 is 2.64 bits per heavy atom. The molecule has 1 amide bonds. The van der Waals surface area contributed by atoms with E-state index in [1.165, 1.54) is 23.9 Å². The topological polar surface area (TPSA) is 104 Å². The normalized spacial score (nSPS) is 13.8. The predicted molar refractivity (Wildman–Crippen MR) is 130 cm³/mol. The minimum absolute atomic E-state index is 0.0179. The van der Waals surface area contributed by atoms with Gasteiger partial charge in [0.05, 0.1) is 15.9 Å². The van der Waals surface area contributed by atoms with Crippen molar-refractivity contribution >= 4 is 44.4 Å². The first-order valence-corrected chi connectivity index (χ1v) is 13.0. The Kier molecular flexibility index (Phi) is 5.92. The van der Waals surface area contributed by atoms with Gasteiger partial charge in [0.25, 0.3) is 5.91 Å². The molecular formula is C24H22N4O3S2. The van der Waals surface area contributed by atoms with Crippen molar-refractivity contribution in [3.63, 3.8) is 0 Å². The van der Waals surface area contributed by atoms with Crippen molar-refractivity contribution in [2.75, 3.05) is 5.32 Å². The lowest BCUT2D eigenvalue weighted by molar-refractivity contribution is 0.102. The number of carbonyl (C=O) groups excluding carboxylic acids is 1. The maximum Gasteiger partial charge on any atom is 0.255 e. The summed E-state index contributed by atoms with van der Waals surface area (Å²) >= 11 is 1.52. The van der Waals surface area contributed by atoms with Crippen molar-refractivity contribution in [3.05, 3.63) is 83.9 Å². The SMILES string of the molecule is O=C(Nc1cccc(S(=O)(=O)NC2CC2)c1)c1ccccc1CSc1nc2ccccc2[nH]1. The standard InChI is InChI=1S/C24H22N4O3S2/c29-23(25-18-7-5-8-19(14-18)33(30,31)28-17-12-13-17)20-9-2-1-6-16(20)15-32-24-26-21-10-3-4-11-22(21)27-24/h1-11,14,17,28H,12-13,15H2,(H,25,29)(H,26,27). The average molecular weight is 479 g/mol. The van der Waals surface area contributed by atoms with E-state index in [1.54, 1.807) is 18.2 Å². The fourth-order valence-electron chi connectivity index (χ4n) is 3.44. The van der Waals surface area contributed by atoms with Crippen LogP contribution in [0.1, 0.15) is 28.8 Å². The van der Waals surface area contributed by atoms with E-state index in [0.29, 0.717) is 17.0 Å². The summed E-state index contributed by atoms with van der Waals surface area (Å²) < 4.78 is 27.6. The number of nitrogens with one attached hydrogen (secondary N) is 3. The van der Waals surface area contributed by atoms with Crippen molar-refractivity contribution in [3.8, 4) is 0 Å². The number of imidazole rings is 1. The van der Waals surface area contributed by atoms with Gasteiger partial charge in [-0.25, -0.2) is 18.1 Å². The molecule has 0 bridgehead atoms. The van der Waals surface area contributed by atoms with E-state index in [-0.39, 0.29) is 16.8 Å². The van der Waals surface area contributed by atoms with Gasteiger partial charge in [0.2, 0.25) is 10.0 Å². The van der Waals surface area contributed by atoms with Crippen LogP contribution in [0.2, 0.25) is 0 Å². The number of thioether (sulfide) groups is 1.